The normalized spacial score (nSPS) is 13.9. The van der Waals surface area contributed by atoms with Gasteiger partial charge in [0.2, 0.25) is 10.0 Å². The van der Waals surface area contributed by atoms with Gasteiger partial charge in [0.25, 0.3) is 0 Å². The molecule has 1 atom stereocenters. The van der Waals surface area contributed by atoms with Crippen LogP contribution in [-0.2, 0) is 20.2 Å². The Bertz CT molecular complexity index is 736. The molecule has 0 saturated heterocycles. The molecule has 0 fully saturated rings. The Morgan fingerprint density at radius 1 is 1.19 bits per heavy atom. The fraction of sp³-hybridized carbons (Fsp3) is 0.417. The molecule has 0 bridgehead atoms. The number of benzene rings is 1. The highest BCUT2D eigenvalue weighted by Crippen LogP contribution is 2.20. The zero-order valence-electron chi connectivity index (χ0n) is 11.5. The van der Waals surface area contributed by atoms with Gasteiger partial charge in [0.15, 0.2) is 0 Å². The van der Waals surface area contributed by atoms with Crippen molar-refractivity contribution >= 4 is 20.2 Å². The number of halogens is 1. The Hall–Kier alpha value is -1.50. The Balaban J connectivity index is 3.15. The minimum absolute atomic E-state index is 0.0263. The van der Waals surface area contributed by atoms with Gasteiger partial charge in [0.05, 0.1) is 21.8 Å². The molecule has 21 heavy (non-hydrogen) atoms. The van der Waals surface area contributed by atoms with Crippen molar-refractivity contribution in [2.75, 3.05) is 13.1 Å². The van der Waals surface area contributed by atoms with Gasteiger partial charge in [-0.2, -0.15) is 18.0 Å². The van der Waals surface area contributed by atoms with E-state index in [0.29, 0.717) is 0 Å². The van der Waals surface area contributed by atoms with Crippen molar-refractivity contribution in [2.24, 2.45) is 5.92 Å². The number of hydrogen-bond donors (Lipinski definition) is 0. The van der Waals surface area contributed by atoms with Gasteiger partial charge in [-0.1, -0.05) is 6.92 Å². The topological polar surface area (TPSA) is 95.3 Å². The Labute approximate surface area is 124 Å². The van der Waals surface area contributed by atoms with E-state index < -0.39 is 31.1 Å². The van der Waals surface area contributed by atoms with Crippen molar-refractivity contribution in [3.05, 3.63) is 24.3 Å². The fourth-order valence-corrected chi connectivity index (χ4v) is 3.67. The maximum Gasteiger partial charge on any atom is 0.332 e. The van der Waals surface area contributed by atoms with Crippen molar-refractivity contribution in [1.82, 2.24) is 4.31 Å². The van der Waals surface area contributed by atoms with E-state index in [1.54, 1.807) is 13.8 Å². The summed E-state index contributed by atoms with van der Waals surface area (Å²) in [6, 6.07) is 5.79. The monoisotopic (exact) mass is 334 g/mol. The van der Waals surface area contributed by atoms with Crippen LogP contribution in [-0.4, -0.2) is 34.2 Å². The van der Waals surface area contributed by atoms with Gasteiger partial charge in [0, 0.05) is 13.1 Å². The molecule has 1 unspecified atom stereocenters. The molecule has 9 heteroatoms. The van der Waals surface area contributed by atoms with Crippen molar-refractivity contribution < 1.29 is 20.7 Å². The zero-order valence-corrected chi connectivity index (χ0v) is 13.2. The molecule has 0 aliphatic heterocycles. The Kier molecular flexibility index (Phi) is 5.44. The molecule has 0 amide bonds. The van der Waals surface area contributed by atoms with E-state index in [1.165, 1.54) is 0 Å². The zero-order chi connectivity index (χ0) is 16.3. The Morgan fingerprint density at radius 2 is 1.67 bits per heavy atom. The lowest BCUT2D eigenvalue weighted by Gasteiger charge is -2.21. The van der Waals surface area contributed by atoms with Crippen LogP contribution in [0, 0.1) is 17.2 Å². The summed E-state index contributed by atoms with van der Waals surface area (Å²) in [6.07, 6.45) is 0. The second-order valence-electron chi connectivity index (χ2n) is 4.40. The first-order chi connectivity index (χ1) is 9.62. The van der Waals surface area contributed by atoms with E-state index in [0.717, 1.165) is 28.6 Å². The van der Waals surface area contributed by atoms with Gasteiger partial charge < -0.3 is 0 Å². The maximum absolute atomic E-state index is 12.8. The molecule has 1 rings (SSSR count). The molecule has 0 saturated carbocycles. The van der Waals surface area contributed by atoms with Crippen molar-refractivity contribution in [1.29, 1.82) is 5.26 Å². The van der Waals surface area contributed by atoms with Crippen molar-refractivity contribution in [3.8, 4) is 6.07 Å². The smallest absolute Gasteiger partial charge is 0.207 e. The van der Waals surface area contributed by atoms with Crippen molar-refractivity contribution in [3.63, 3.8) is 0 Å². The van der Waals surface area contributed by atoms with Gasteiger partial charge in [-0.15, -0.1) is 3.89 Å². The average molecular weight is 334 g/mol. The molecule has 1 aromatic carbocycles. The second kappa shape index (κ2) is 6.51. The lowest BCUT2D eigenvalue weighted by atomic mass is 10.2. The van der Waals surface area contributed by atoms with E-state index in [9.17, 15) is 20.7 Å². The predicted octanol–water partition coefficient (Wildman–Crippen LogP) is 1.52. The maximum atomic E-state index is 12.8. The molecular weight excluding hydrogens is 319 g/mol. The summed E-state index contributed by atoms with van der Waals surface area (Å²) in [5.41, 5.74) is 0. The molecule has 0 aliphatic carbocycles. The lowest BCUT2D eigenvalue weighted by molar-refractivity contribution is 0.400. The summed E-state index contributed by atoms with van der Waals surface area (Å²) in [6.45, 7) is 3.41. The van der Waals surface area contributed by atoms with Crippen LogP contribution in [0.25, 0.3) is 0 Å². The first-order valence-corrected chi connectivity index (χ1v) is 8.89. The molecule has 116 valence electrons. The van der Waals surface area contributed by atoms with Crippen LogP contribution in [0.2, 0.25) is 0 Å². The van der Waals surface area contributed by atoms with E-state index in [1.807, 2.05) is 6.07 Å². The number of sulfonamides is 1. The first kappa shape index (κ1) is 17.6. The third kappa shape index (κ3) is 4.23. The molecule has 0 spiro atoms. The van der Waals surface area contributed by atoms with Gasteiger partial charge >= 0.3 is 10.2 Å². The standard InChI is InChI=1S/C12H15FN2O4S2/c1-3-15(9-10(2)8-14)21(18,19)12-6-4-11(5-7-12)20(13,16)17/h4-7,10H,3,9H2,1-2H3. The largest absolute Gasteiger partial charge is 0.332 e. The van der Waals surface area contributed by atoms with Crippen LogP contribution in [0.3, 0.4) is 0 Å². The molecule has 0 heterocycles. The SMILES string of the molecule is CCN(CC(C)C#N)S(=O)(=O)c1ccc(S(=O)(=O)F)cc1. The van der Waals surface area contributed by atoms with E-state index in [2.05, 4.69) is 0 Å². The van der Waals surface area contributed by atoms with Gasteiger partial charge in [-0.25, -0.2) is 8.42 Å². The summed E-state index contributed by atoms with van der Waals surface area (Å²) in [5, 5.41) is 8.76. The van der Waals surface area contributed by atoms with Crippen molar-refractivity contribution in [2.45, 2.75) is 23.6 Å². The predicted molar refractivity (Wildman–Crippen MR) is 73.9 cm³/mol. The highest BCUT2D eigenvalue weighted by atomic mass is 32.3. The van der Waals surface area contributed by atoms with E-state index >= 15 is 0 Å². The molecule has 1 aromatic rings. The number of rotatable bonds is 6. The molecule has 0 aromatic heterocycles. The van der Waals surface area contributed by atoms with Crippen LogP contribution in [0.5, 0.6) is 0 Å². The molecule has 0 radical (unpaired) electrons. The van der Waals surface area contributed by atoms with Crippen LogP contribution < -0.4 is 0 Å². The minimum Gasteiger partial charge on any atom is -0.207 e. The second-order valence-corrected chi connectivity index (χ2v) is 7.68. The molecule has 6 nitrogen and oxygen atoms in total. The molecule has 0 aliphatic rings. The fourth-order valence-electron chi connectivity index (χ4n) is 1.67. The highest BCUT2D eigenvalue weighted by molar-refractivity contribution is 7.89. The summed E-state index contributed by atoms with van der Waals surface area (Å²) in [7, 11) is -8.72. The van der Waals surface area contributed by atoms with Crippen LogP contribution in [0.1, 0.15) is 13.8 Å². The van der Waals surface area contributed by atoms with Crippen LogP contribution >= 0.6 is 0 Å². The van der Waals surface area contributed by atoms with E-state index in [-0.39, 0.29) is 18.0 Å². The number of nitrogens with zero attached hydrogens (tertiary/aromatic N) is 2. The average Bonchev–Trinajstić information content (AvgIpc) is 2.43. The lowest BCUT2D eigenvalue weighted by Crippen LogP contribution is -2.34. The summed E-state index contributed by atoms with van der Waals surface area (Å²) in [4.78, 5) is -0.753. The van der Waals surface area contributed by atoms with Crippen LogP contribution in [0.4, 0.5) is 3.89 Å². The summed E-state index contributed by atoms with van der Waals surface area (Å²) < 4.78 is 60.0. The number of nitriles is 1. The summed E-state index contributed by atoms with van der Waals surface area (Å²) in [5.74, 6) is -0.481. The highest BCUT2D eigenvalue weighted by Gasteiger charge is 2.25. The molecular formula is C12H15FN2O4S2. The van der Waals surface area contributed by atoms with E-state index in [4.69, 9.17) is 5.26 Å². The third-order valence-corrected chi connectivity index (χ3v) is 5.58. The third-order valence-electron chi connectivity index (χ3n) is 2.79. The minimum atomic E-state index is -4.87. The van der Waals surface area contributed by atoms with Gasteiger partial charge in [-0.3, -0.25) is 0 Å². The van der Waals surface area contributed by atoms with Gasteiger partial charge in [0.1, 0.15) is 0 Å². The molecule has 0 N–H and O–H groups in total. The quantitative estimate of drug-likeness (QED) is 0.735. The first-order valence-electron chi connectivity index (χ1n) is 6.07. The summed E-state index contributed by atoms with van der Waals surface area (Å²) >= 11 is 0. The van der Waals surface area contributed by atoms with Gasteiger partial charge in [-0.05, 0) is 31.2 Å². The Morgan fingerprint density at radius 3 is 2.05 bits per heavy atom. The number of hydrogen-bond acceptors (Lipinski definition) is 5. The van der Waals surface area contributed by atoms with Crippen LogP contribution in [0.15, 0.2) is 34.1 Å².